The van der Waals surface area contributed by atoms with Crippen molar-refractivity contribution in [3.63, 3.8) is 0 Å². The van der Waals surface area contributed by atoms with Gasteiger partial charge in [-0.05, 0) is 62.0 Å². The Morgan fingerprint density at radius 3 is 2.53 bits per heavy atom. The van der Waals surface area contributed by atoms with E-state index in [2.05, 4.69) is 24.9 Å². The van der Waals surface area contributed by atoms with Crippen LogP contribution in [-0.4, -0.2) is 11.0 Å². The molecule has 5 unspecified atom stereocenters. The zero-order valence-corrected chi connectivity index (χ0v) is 11.0. The Morgan fingerprint density at radius 2 is 1.73 bits per heavy atom. The molecular formula is C14H24S. The molecule has 3 saturated carbocycles. The van der Waals surface area contributed by atoms with Gasteiger partial charge in [0.2, 0.25) is 0 Å². The van der Waals surface area contributed by atoms with Gasteiger partial charge in [0.15, 0.2) is 0 Å². The summed E-state index contributed by atoms with van der Waals surface area (Å²) in [7, 11) is 0. The van der Waals surface area contributed by atoms with Crippen LogP contribution >= 0.6 is 11.8 Å². The van der Waals surface area contributed by atoms with E-state index in [-0.39, 0.29) is 0 Å². The molecule has 0 aromatic rings. The van der Waals surface area contributed by atoms with Gasteiger partial charge in [0.1, 0.15) is 0 Å². The summed E-state index contributed by atoms with van der Waals surface area (Å²) in [6.45, 7) is 2.54. The largest absolute Gasteiger partial charge is 0.159 e. The standard InChI is InChI=1S/C14H24S/c1-14(15-2)7-3-4-10-8-11(10)5-6-12-9-13(12)14/h10-13H,3-9H2,1-2H3. The Hall–Kier alpha value is 0.350. The van der Waals surface area contributed by atoms with Gasteiger partial charge in [0.25, 0.3) is 0 Å². The second-order valence-electron chi connectivity index (χ2n) is 6.34. The van der Waals surface area contributed by atoms with Crippen LogP contribution in [0.5, 0.6) is 0 Å². The van der Waals surface area contributed by atoms with Crippen LogP contribution in [0.15, 0.2) is 0 Å². The van der Waals surface area contributed by atoms with Crippen molar-refractivity contribution in [3.05, 3.63) is 0 Å². The van der Waals surface area contributed by atoms with Gasteiger partial charge < -0.3 is 0 Å². The predicted octanol–water partition coefficient (Wildman–Crippen LogP) is 4.34. The van der Waals surface area contributed by atoms with Crippen LogP contribution in [0.1, 0.15) is 51.9 Å². The monoisotopic (exact) mass is 224 g/mol. The smallest absolute Gasteiger partial charge is 0.0160 e. The van der Waals surface area contributed by atoms with Crippen molar-refractivity contribution < 1.29 is 0 Å². The van der Waals surface area contributed by atoms with E-state index in [1.807, 2.05) is 0 Å². The predicted molar refractivity (Wildman–Crippen MR) is 68.2 cm³/mol. The average Bonchev–Trinajstić information content (AvgIpc) is 3.09. The van der Waals surface area contributed by atoms with E-state index in [0.29, 0.717) is 4.75 Å². The number of hydrogen-bond acceptors (Lipinski definition) is 1. The molecule has 1 heteroatoms. The van der Waals surface area contributed by atoms with E-state index in [9.17, 15) is 0 Å². The minimum absolute atomic E-state index is 0.631. The topological polar surface area (TPSA) is 0 Å². The summed E-state index contributed by atoms with van der Waals surface area (Å²) < 4.78 is 0.631. The molecule has 0 spiro atoms. The Balaban J connectivity index is 1.66. The summed E-state index contributed by atoms with van der Waals surface area (Å²) in [4.78, 5) is 0. The van der Waals surface area contributed by atoms with Crippen LogP contribution in [0.25, 0.3) is 0 Å². The molecule has 3 fully saturated rings. The number of fused-ring (bicyclic) bond motifs is 2. The SMILES string of the molecule is CSC1(C)CCCC2CC2CCC2CC21. The van der Waals surface area contributed by atoms with Crippen molar-refractivity contribution in [1.82, 2.24) is 0 Å². The summed E-state index contributed by atoms with van der Waals surface area (Å²) in [6.07, 6.45) is 13.1. The molecular weight excluding hydrogens is 200 g/mol. The maximum Gasteiger partial charge on any atom is 0.0160 e. The lowest BCUT2D eigenvalue weighted by atomic mass is 9.92. The molecule has 0 saturated heterocycles. The van der Waals surface area contributed by atoms with Crippen molar-refractivity contribution >= 4 is 11.8 Å². The van der Waals surface area contributed by atoms with Crippen LogP contribution in [0.3, 0.4) is 0 Å². The van der Waals surface area contributed by atoms with Gasteiger partial charge >= 0.3 is 0 Å². The fourth-order valence-corrected chi connectivity index (χ4v) is 4.85. The molecule has 0 amide bonds. The zero-order valence-electron chi connectivity index (χ0n) is 10.2. The lowest BCUT2D eigenvalue weighted by Crippen LogP contribution is -2.24. The third kappa shape index (κ3) is 1.97. The molecule has 0 radical (unpaired) electrons. The molecule has 0 bridgehead atoms. The average molecular weight is 224 g/mol. The van der Waals surface area contributed by atoms with Gasteiger partial charge in [0.05, 0.1) is 0 Å². The van der Waals surface area contributed by atoms with E-state index < -0.39 is 0 Å². The maximum absolute atomic E-state index is 2.54. The quantitative estimate of drug-likeness (QED) is 0.638. The molecule has 0 aromatic carbocycles. The first-order chi connectivity index (χ1) is 7.23. The lowest BCUT2D eigenvalue weighted by molar-refractivity contribution is 0.419. The molecule has 3 aliphatic carbocycles. The molecule has 0 aromatic heterocycles. The highest BCUT2D eigenvalue weighted by Gasteiger charge is 2.50. The van der Waals surface area contributed by atoms with Crippen LogP contribution in [0.2, 0.25) is 0 Å². The summed E-state index contributed by atoms with van der Waals surface area (Å²) >= 11 is 2.15. The fraction of sp³-hybridized carbons (Fsp3) is 1.00. The number of thioether (sulfide) groups is 1. The molecule has 0 heterocycles. The van der Waals surface area contributed by atoms with Gasteiger partial charge in [-0.1, -0.05) is 19.8 Å². The van der Waals surface area contributed by atoms with E-state index in [0.717, 1.165) is 23.7 Å². The van der Waals surface area contributed by atoms with Crippen LogP contribution in [0, 0.1) is 23.7 Å². The first kappa shape index (κ1) is 10.5. The van der Waals surface area contributed by atoms with Gasteiger partial charge in [-0.2, -0.15) is 11.8 Å². The van der Waals surface area contributed by atoms with Gasteiger partial charge in [-0.3, -0.25) is 0 Å². The summed E-state index contributed by atoms with van der Waals surface area (Å²) in [5.74, 6) is 4.49. The minimum Gasteiger partial charge on any atom is -0.159 e. The highest BCUT2D eigenvalue weighted by molar-refractivity contribution is 8.00. The first-order valence-electron chi connectivity index (χ1n) is 6.78. The van der Waals surface area contributed by atoms with Crippen molar-refractivity contribution in [2.24, 2.45) is 23.7 Å². The Bertz CT molecular complexity index is 250. The van der Waals surface area contributed by atoms with Crippen LogP contribution in [0.4, 0.5) is 0 Å². The van der Waals surface area contributed by atoms with Gasteiger partial charge in [-0.25, -0.2) is 0 Å². The highest BCUT2D eigenvalue weighted by Crippen LogP contribution is 2.58. The molecule has 0 N–H and O–H groups in total. The third-order valence-electron chi connectivity index (χ3n) is 5.40. The highest BCUT2D eigenvalue weighted by atomic mass is 32.2. The lowest BCUT2D eigenvalue weighted by Gasteiger charge is -2.29. The Morgan fingerprint density at radius 1 is 1.00 bits per heavy atom. The molecule has 3 rings (SSSR count). The fourth-order valence-electron chi connectivity index (χ4n) is 3.91. The van der Waals surface area contributed by atoms with E-state index in [4.69, 9.17) is 0 Å². The molecule has 5 atom stereocenters. The second-order valence-corrected chi connectivity index (χ2v) is 7.69. The second kappa shape index (κ2) is 3.68. The summed E-state index contributed by atoms with van der Waals surface area (Å²) in [5, 5.41) is 0. The van der Waals surface area contributed by atoms with E-state index in [1.165, 1.54) is 19.3 Å². The number of hydrogen-bond donors (Lipinski definition) is 0. The van der Waals surface area contributed by atoms with Crippen molar-refractivity contribution in [1.29, 1.82) is 0 Å². The van der Waals surface area contributed by atoms with Crippen molar-refractivity contribution in [2.45, 2.75) is 56.6 Å². The van der Waals surface area contributed by atoms with Gasteiger partial charge in [0, 0.05) is 4.75 Å². The molecule has 0 nitrogen and oxygen atoms in total. The Kier molecular flexibility index (Phi) is 2.58. The van der Waals surface area contributed by atoms with Crippen LogP contribution < -0.4 is 0 Å². The van der Waals surface area contributed by atoms with Crippen LogP contribution in [-0.2, 0) is 0 Å². The maximum atomic E-state index is 2.54. The minimum atomic E-state index is 0.631. The summed E-state index contributed by atoms with van der Waals surface area (Å²) in [6, 6.07) is 0. The van der Waals surface area contributed by atoms with E-state index >= 15 is 0 Å². The normalized spacial score (nSPS) is 54.0. The molecule has 3 aliphatic rings. The van der Waals surface area contributed by atoms with Crippen molar-refractivity contribution in [2.75, 3.05) is 6.26 Å². The molecule has 15 heavy (non-hydrogen) atoms. The Labute approximate surface area is 98.6 Å². The molecule has 0 aliphatic heterocycles. The summed E-state index contributed by atoms with van der Waals surface area (Å²) in [5.41, 5.74) is 0. The van der Waals surface area contributed by atoms with Gasteiger partial charge in [-0.15, -0.1) is 0 Å². The van der Waals surface area contributed by atoms with Crippen molar-refractivity contribution in [3.8, 4) is 0 Å². The number of rotatable bonds is 1. The zero-order chi connectivity index (χ0) is 10.5. The first-order valence-corrected chi connectivity index (χ1v) is 8.00. The molecule has 86 valence electrons. The van der Waals surface area contributed by atoms with E-state index in [1.54, 1.807) is 25.7 Å². The third-order valence-corrected chi connectivity index (χ3v) is 6.84.